The molecule has 0 saturated heterocycles. The Labute approximate surface area is 119 Å². The maximum atomic E-state index is 13.4. The van der Waals surface area contributed by atoms with E-state index in [1.807, 2.05) is 0 Å². The molecule has 20 heavy (non-hydrogen) atoms. The van der Waals surface area contributed by atoms with Crippen molar-refractivity contribution in [3.63, 3.8) is 0 Å². The van der Waals surface area contributed by atoms with Gasteiger partial charge in [0.1, 0.15) is 17.4 Å². The fourth-order valence-electron chi connectivity index (χ4n) is 1.68. The number of hydrogen-bond acceptors (Lipinski definition) is 4. The summed E-state index contributed by atoms with van der Waals surface area (Å²) in [4.78, 5) is 18.9. The van der Waals surface area contributed by atoms with Crippen molar-refractivity contribution in [2.75, 3.05) is 12.4 Å². The molecule has 2 rings (SSSR count). The highest BCUT2D eigenvalue weighted by atomic mass is 35.5. The van der Waals surface area contributed by atoms with Crippen LogP contribution in [0.2, 0.25) is 5.28 Å². The predicted octanol–water partition coefficient (Wildman–Crippen LogP) is 2.90. The van der Waals surface area contributed by atoms with Crippen molar-refractivity contribution in [1.29, 1.82) is 0 Å². The van der Waals surface area contributed by atoms with Gasteiger partial charge < -0.3 is 10.1 Å². The number of halogens is 2. The van der Waals surface area contributed by atoms with Gasteiger partial charge in [-0.1, -0.05) is 0 Å². The van der Waals surface area contributed by atoms with E-state index in [4.69, 9.17) is 16.3 Å². The first-order valence-electron chi connectivity index (χ1n) is 5.65. The number of benzene rings is 1. The van der Waals surface area contributed by atoms with E-state index in [2.05, 4.69) is 15.3 Å². The van der Waals surface area contributed by atoms with Gasteiger partial charge in [0.25, 0.3) is 0 Å². The maximum Gasteiger partial charge on any atom is 0.224 e. The molecule has 0 unspecified atom stereocenters. The Morgan fingerprint density at radius 2 is 2.10 bits per heavy atom. The fraction of sp³-hybridized carbons (Fsp3) is 0.154. The number of methoxy groups -OCH3 is 1. The number of aromatic nitrogens is 2. The number of rotatable bonds is 3. The summed E-state index contributed by atoms with van der Waals surface area (Å²) < 4.78 is 18.5. The van der Waals surface area contributed by atoms with Crippen molar-refractivity contribution in [1.82, 2.24) is 9.97 Å². The molecule has 0 atom stereocenters. The molecular formula is C13H11ClFN3O2. The van der Waals surface area contributed by atoms with Crippen LogP contribution in [0.4, 0.5) is 10.2 Å². The van der Waals surface area contributed by atoms with E-state index in [0.29, 0.717) is 17.0 Å². The van der Waals surface area contributed by atoms with Crippen molar-refractivity contribution in [3.05, 3.63) is 35.4 Å². The second kappa shape index (κ2) is 5.83. The van der Waals surface area contributed by atoms with Crippen molar-refractivity contribution >= 4 is 23.3 Å². The highest BCUT2D eigenvalue weighted by molar-refractivity contribution is 6.28. The number of carbonyl (C=O) groups is 1. The third-order valence-electron chi connectivity index (χ3n) is 2.44. The lowest BCUT2D eigenvalue weighted by molar-refractivity contribution is -0.114. The second-order valence-corrected chi connectivity index (χ2v) is 4.27. The van der Waals surface area contributed by atoms with Crippen LogP contribution in [-0.2, 0) is 4.79 Å². The summed E-state index contributed by atoms with van der Waals surface area (Å²) in [5.74, 6) is -0.0534. The van der Waals surface area contributed by atoms with Gasteiger partial charge in [-0.05, 0) is 29.8 Å². The predicted molar refractivity (Wildman–Crippen MR) is 73.3 cm³/mol. The zero-order chi connectivity index (χ0) is 14.7. The zero-order valence-electron chi connectivity index (χ0n) is 10.8. The maximum absolute atomic E-state index is 13.4. The SMILES string of the molecule is COc1ccc(F)cc1-c1cc(NC(C)=O)nc(Cl)n1. The Bertz CT molecular complexity index is 664. The molecule has 5 nitrogen and oxygen atoms in total. The van der Waals surface area contributed by atoms with E-state index in [1.165, 1.54) is 38.3 Å². The van der Waals surface area contributed by atoms with Gasteiger partial charge in [-0.15, -0.1) is 0 Å². The minimum Gasteiger partial charge on any atom is -0.496 e. The standard InChI is InChI=1S/C13H11ClFN3O2/c1-7(19)16-12-6-10(17-13(14)18-12)9-5-8(15)3-4-11(9)20-2/h3-6H,1-2H3,(H,16,17,18,19). The van der Waals surface area contributed by atoms with Crippen LogP contribution < -0.4 is 10.1 Å². The van der Waals surface area contributed by atoms with Crippen molar-refractivity contribution in [2.24, 2.45) is 0 Å². The molecule has 7 heteroatoms. The quantitative estimate of drug-likeness (QED) is 0.884. The average molecular weight is 296 g/mol. The summed E-state index contributed by atoms with van der Waals surface area (Å²) in [5, 5.41) is 2.44. The summed E-state index contributed by atoms with van der Waals surface area (Å²) in [7, 11) is 1.47. The van der Waals surface area contributed by atoms with Gasteiger partial charge in [0.15, 0.2) is 0 Å². The number of ether oxygens (including phenoxy) is 1. The molecule has 0 spiro atoms. The second-order valence-electron chi connectivity index (χ2n) is 3.93. The lowest BCUT2D eigenvalue weighted by atomic mass is 10.1. The van der Waals surface area contributed by atoms with Gasteiger partial charge in [-0.25, -0.2) is 14.4 Å². The first kappa shape index (κ1) is 14.2. The summed E-state index contributed by atoms with van der Waals surface area (Å²) in [6, 6.07) is 5.53. The van der Waals surface area contributed by atoms with Gasteiger partial charge in [0.2, 0.25) is 11.2 Å². The lowest BCUT2D eigenvalue weighted by Gasteiger charge is -2.09. The molecule has 0 aliphatic carbocycles. The van der Waals surface area contributed by atoms with Crippen LogP contribution >= 0.6 is 11.6 Å². The Kier molecular flexibility index (Phi) is 4.14. The van der Waals surface area contributed by atoms with Crippen LogP contribution in [0, 0.1) is 5.82 Å². The molecular weight excluding hydrogens is 285 g/mol. The van der Waals surface area contributed by atoms with Crippen LogP contribution in [0.5, 0.6) is 5.75 Å². The number of carbonyl (C=O) groups excluding carboxylic acids is 1. The average Bonchev–Trinajstić information content (AvgIpc) is 2.37. The number of anilines is 1. The number of amides is 1. The fourth-order valence-corrected chi connectivity index (χ4v) is 1.86. The summed E-state index contributed by atoms with van der Waals surface area (Å²) >= 11 is 5.81. The molecule has 0 aliphatic rings. The smallest absolute Gasteiger partial charge is 0.224 e. The van der Waals surface area contributed by atoms with Gasteiger partial charge >= 0.3 is 0 Å². The molecule has 0 fully saturated rings. The zero-order valence-corrected chi connectivity index (χ0v) is 11.5. The summed E-state index contributed by atoms with van der Waals surface area (Å²) in [6.45, 7) is 1.35. The van der Waals surface area contributed by atoms with Crippen molar-refractivity contribution in [2.45, 2.75) is 6.92 Å². The molecule has 0 aliphatic heterocycles. The van der Waals surface area contributed by atoms with Crippen LogP contribution in [0.25, 0.3) is 11.3 Å². The van der Waals surface area contributed by atoms with E-state index >= 15 is 0 Å². The van der Waals surface area contributed by atoms with E-state index in [-0.39, 0.29) is 17.0 Å². The van der Waals surface area contributed by atoms with Crippen molar-refractivity contribution < 1.29 is 13.9 Å². The van der Waals surface area contributed by atoms with Crippen LogP contribution in [0.1, 0.15) is 6.92 Å². The molecule has 0 saturated carbocycles. The number of nitrogens with zero attached hydrogens (tertiary/aromatic N) is 2. The van der Waals surface area contributed by atoms with Gasteiger partial charge in [0, 0.05) is 18.6 Å². The number of nitrogens with one attached hydrogen (secondary N) is 1. The first-order valence-corrected chi connectivity index (χ1v) is 6.03. The van der Waals surface area contributed by atoms with E-state index < -0.39 is 5.82 Å². The highest BCUT2D eigenvalue weighted by Crippen LogP contribution is 2.31. The lowest BCUT2D eigenvalue weighted by Crippen LogP contribution is -2.08. The monoisotopic (exact) mass is 295 g/mol. The van der Waals surface area contributed by atoms with Gasteiger partial charge in [0.05, 0.1) is 12.8 Å². The Morgan fingerprint density at radius 3 is 2.75 bits per heavy atom. The topological polar surface area (TPSA) is 64.1 Å². The van der Waals surface area contributed by atoms with E-state index in [9.17, 15) is 9.18 Å². The normalized spacial score (nSPS) is 10.2. The first-order chi connectivity index (χ1) is 9.49. The molecule has 0 bridgehead atoms. The molecule has 1 heterocycles. The number of hydrogen-bond donors (Lipinski definition) is 1. The largest absolute Gasteiger partial charge is 0.496 e. The summed E-state index contributed by atoms with van der Waals surface area (Å²) in [5.41, 5.74) is 0.772. The van der Waals surface area contributed by atoms with Crippen LogP contribution in [0.15, 0.2) is 24.3 Å². The van der Waals surface area contributed by atoms with Crippen LogP contribution in [-0.4, -0.2) is 23.0 Å². The highest BCUT2D eigenvalue weighted by Gasteiger charge is 2.12. The molecule has 0 radical (unpaired) electrons. The third-order valence-corrected chi connectivity index (χ3v) is 2.61. The summed E-state index contributed by atoms with van der Waals surface area (Å²) in [6.07, 6.45) is 0. The van der Waals surface area contributed by atoms with E-state index in [0.717, 1.165) is 0 Å². The Hall–Kier alpha value is -2.21. The minimum absolute atomic E-state index is 0.0578. The Balaban J connectivity index is 2.54. The molecule has 1 aromatic heterocycles. The molecule has 1 amide bonds. The van der Waals surface area contributed by atoms with Crippen molar-refractivity contribution in [3.8, 4) is 17.0 Å². The van der Waals surface area contributed by atoms with Crippen LogP contribution in [0.3, 0.4) is 0 Å². The Morgan fingerprint density at radius 1 is 1.35 bits per heavy atom. The molecule has 2 aromatic rings. The van der Waals surface area contributed by atoms with Gasteiger partial charge in [-0.3, -0.25) is 4.79 Å². The van der Waals surface area contributed by atoms with Gasteiger partial charge in [-0.2, -0.15) is 0 Å². The molecule has 1 aromatic carbocycles. The van der Waals surface area contributed by atoms with E-state index in [1.54, 1.807) is 0 Å². The molecule has 104 valence electrons. The molecule has 1 N–H and O–H groups in total. The minimum atomic E-state index is -0.434. The third kappa shape index (κ3) is 3.21.